The molecule has 0 amide bonds. The number of rotatable bonds is 1. The highest BCUT2D eigenvalue weighted by Crippen LogP contribution is 2.19. The lowest BCUT2D eigenvalue weighted by molar-refractivity contribution is 0.620. The number of halogens is 2. The van der Waals surface area contributed by atoms with Crippen molar-refractivity contribution in [2.24, 2.45) is 0 Å². The Morgan fingerprint density at radius 3 is 2.86 bits per heavy atom. The van der Waals surface area contributed by atoms with Gasteiger partial charge in [0.05, 0.1) is 10.2 Å². The monoisotopic (exact) mass is 273 g/mol. The second-order valence-electron chi connectivity index (χ2n) is 2.63. The summed E-state index contributed by atoms with van der Waals surface area (Å²) >= 11 is 8.08. The van der Waals surface area contributed by atoms with E-state index >= 15 is 0 Å². The van der Waals surface area contributed by atoms with Crippen molar-refractivity contribution in [1.82, 2.24) is 14.8 Å². The predicted molar refractivity (Wildman–Crippen MR) is 56.4 cm³/mol. The number of H-pyrrole nitrogens is 1. The summed E-state index contributed by atoms with van der Waals surface area (Å²) in [6, 6.07) is 4.64. The molecular weight excluding hydrogens is 269 g/mol. The van der Waals surface area contributed by atoms with Crippen LogP contribution in [0.15, 0.2) is 29.0 Å². The summed E-state index contributed by atoms with van der Waals surface area (Å²) in [5.41, 5.74) is 0.761. The van der Waals surface area contributed by atoms with Gasteiger partial charge >= 0.3 is 0 Å². The molecule has 2 rings (SSSR count). The number of nitrogens with zero attached hydrogens (tertiary/aromatic N) is 2. The van der Waals surface area contributed by atoms with Crippen LogP contribution in [0, 0.1) is 10.6 Å². The van der Waals surface area contributed by atoms with Gasteiger partial charge in [-0.3, -0.25) is 9.67 Å². The molecule has 0 aliphatic rings. The molecule has 2 aromatic rings. The summed E-state index contributed by atoms with van der Waals surface area (Å²) in [5.74, 6) is -0.302. The van der Waals surface area contributed by atoms with Gasteiger partial charge in [0.25, 0.3) is 0 Å². The smallest absolute Gasteiger partial charge is 0.199 e. The molecule has 6 heteroatoms. The van der Waals surface area contributed by atoms with Crippen LogP contribution in [0.2, 0.25) is 0 Å². The van der Waals surface area contributed by atoms with E-state index in [9.17, 15) is 4.39 Å². The van der Waals surface area contributed by atoms with Crippen molar-refractivity contribution in [3.63, 3.8) is 0 Å². The lowest BCUT2D eigenvalue weighted by Crippen LogP contribution is -1.92. The van der Waals surface area contributed by atoms with E-state index in [1.165, 1.54) is 6.07 Å². The Labute approximate surface area is 92.7 Å². The van der Waals surface area contributed by atoms with Crippen LogP contribution in [0.4, 0.5) is 4.39 Å². The van der Waals surface area contributed by atoms with Gasteiger partial charge in [-0.25, -0.2) is 4.39 Å². The zero-order chi connectivity index (χ0) is 10.1. The number of nitrogens with one attached hydrogen (secondary N) is 1. The normalized spacial score (nSPS) is 10.4. The van der Waals surface area contributed by atoms with Crippen molar-refractivity contribution in [1.29, 1.82) is 0 Å². The molecule has 0 saturated carbocycles. The fraction of sp³-hybridized carbons (Fsp3) is 0. The Bertz CT molecular complexity index is 519. The maximum Gasteiger partial charge on any atom is 0.199 e. The van der Waals surface area contributed by atoms with Crippen LogP contribution in [-0.4, -0.2) is 14.8 Å². The van der Waals surface area contributed by atoms with E-state index in [0.29, 0.717) is 9.24 Å². The van der Waals surface area contributed by atoms with Gasteiger partial charge in [-0.05, 0) is 46.3 Å². The zero-order valence-corrected chi connectivity index (χ0v) is 9.27. The maximum absolute atomic E-state index is 12.9. The second kappa shape index (κ2) is 3.62. The minimum Gasteiger partial charge on any atom is -0.275 e. The minimum absolute atomic E-state index is 0.302. The largest absolute Gasteiger partial charge is 0.275 e. The van der Waals surface area contributed by atoms with Crippen molar-refractivity contribution in [2.45, 2.75) is 0 Å². The van der Waals surface area contributed by atoms with Gasteiger partial charge < -0.3 is 0 Å². The molecule has 1 aromatic heterocycles. The predicted octanol–water partition coefficient (Wildman–Crippen LogP) is 2.83. The summed E-state index contributed by atoms with van der Waals surface area (Å²) in [5, 5.41) is 6.39. The Morgan fingerprint density at radius 1 is 1.50 bits per heavy atom. The number of benzene rings is 1. The third kappa shape index (κ3) is 1.62. The Hall–Kier alpha value is -1.01. The van der Waals surface area contributed by atoms with E-state index in [2.05, 4.69) is 26.1 Å². The second-order valence-corrected chi connectivity index (χ2v) is 3.87. The molecule has 0 atom stereocenters. The molecule has 0 spiro atoms. The first kappa shape index (κ1) is 9.54. The molecule has 0 bridgehead atoms. The molecule has 72 valence electrons. The van der Waals surface area contributed by atoms with Crippen LogP contribution >= 0.6 is 28.1 Å². The van der Waals surface area contributed by atoms with Gasteiger partial charge in [-0.2, -0.15) is 5.10 Å². The lowest BCUT2D eigenvalue weighted by atomic mass is 10.3. The average molecular weight is 274 g/mol. The van der Waals surface area contributed by atoms with Crippen molar-refractivity contribution in [3.05, 3.63) is 39.6 Å². The molecule has 0 aliphatic carbocycles. The van der Waals surface area contributed by atoms with Crippen LogP contribution < -0.4 is 0 Å². The number of aromatic amines is 1. The number of aromatic nitrogens is 3. The first-order valence-electron chi connectivity index (χ1n) is 3.76. The van der Waals surface area contributed by atoms with Crippen molar-refractivity contribution in [2.75, 3.05) is 0 Å². The van der Waals surface area contributed by atoms with E-state index < -0.39 is 0 Å². The Kier molecular flexibility index (Phi) is 2.47. The van der Waals surface area contributed by atoms with Crippen molar-refractivity contribution < 1.29 is 4.39 Å². The van der Waals surface area contributed by atoms with E-state index in [1.54, 1.807) is 23.0 Å². The molecule has 1 aromatic carbocycles. The SMILES string of the molecule is Fc1ccc(-n2cn[nH]c2=S)cc1Br. The van der Waals surface area contributed by atoms with E-state index in [1.807, 2.05) is 0 Å². The molecule has 0 fully saturated rings. The molecule has 0 radical (unpaired) electrons. The highest BCUT2D eigenvalue weighted by Gasteiger charge is 2.02. The first-order chi connectivity index (χ1) is 6.68. The van der Waals surface area contributed by atoms with Crippen LogP contribution in [0.5, 0.6) is 0 Å². The quantitative estimate of drug-likeness (QED) is 0.811. The van der Waals surface area contributed by atoms with Gasteiger partial charge in [-0.1, -0.05) is 0 Å². The minimum atomic E-state index is -0.302. The molecule has 0 aliphatic heterocycles. The molecule has 0 unspecified atom stereocenters. The van der Waals surface area contributed by atoms with Gasteiger partial charge in [0, 0.05) is 0 Å². The lowest BCUT2D eigenvalue weighted by Gasteiger charge is -2.01. The first-order valence-corrected chi connectivity index (χ1v) is 4.96. The van der Waals surface area contributed by atoms with Gasteiger partial charge in [0.2, 0.25) is 0 Å². The molecule has 1 N–H and O–H groups in total. The standard InChI is InChI=1S/C8H5BrFN3S/c9-6-3-5(1-2-7(6)10)13-4-11-12-8(13)14/h1-4H,(H,12,14). The van der Waals surface area contributed by atoms with Crippen LogP contribution in [-0.2, 0) is 0 Å². The Morgan fingerprint density at radius 2 is 2.29 bits per heavy atom. The van der Waals surface area contributed by atoms with Gasteiger partial charge in [0.15, 0.2) is 4.77 Å². The number of hydrogen-bond donors (Lipinski definition) is 1. The Balaban J connectivity index is 2.59. The summed E-state index contributed by atoms with van der Waals surface area (Å²) in [7, 11) is 0. The average Bonchev–Trinajstić information content (AvgIpc) is 2.57. The summed E-state index contributed by atoms with van der Waals surface area (Å²) in [4.78, 5) is 0. The van der Waals surface area contributed by atoms with E-state index in [-0.39, 0.29) is 5.82 Å². The van der Waals surface area contributed by atoms with Gasteiger partial charge in [0.1, 0.15) is 12.1 Å². The molecular formula is C8H5BrFN3S. The van der Waals surface area contributed by atoms with Crippen molar-refractivity contribution >= 4 is 28.1 Å². The summed E-state index contributed by atoms with van der Waals surface area (Å²) in [6.07, 6.45) is 1.54. The molecule has 14 heavy (non-hydrogen) atoms. The fourth-order valence-electron chi connectivity index (χ4n) is 1.07. The zero-order valence-electron chi connectivity index (χ0n) is 6.87. The van der Waals surface area contributed by atoms with E-state index in [4.69, 9.17) is 12.2 Å². The topological polar surface area (TPSA) is 33.6 Å². The maximum atomic E-state index is 12.9. The van der Waals surface area contributed by atoms with Gasteiger partial charge in [-0.15, -0.1) is 0 Å². The third-order valence-corrected chi connectivity index (χ3v) is 2.63. The summed E-state index contributed by atoms with van der Waals surface area (Å²) < 4.78 is 15.5. The highest BCUT2D eigenvalue weighted by molar-refractivity contribution is 9.10. The van der Waals surface area contributed by atoms with E-state index in [0.717, 1.165) is 5.69 Å². The van der Waals surface area contributed by atoms with Crippen LogP contribution in [0.25, 0.3) is 5.69 Å². The van der Waals surface area contributed by atoms with Crippen LogP contribution in [0.1, 0.15) is 0 Å². The summed E-state index contributed by atoms with van der Waals surface area (Å²) in [6.45, 7) is 0. The third-order valence-electron chi connectivity index (χ3n) is 1.73. The van der Waals surface area contributed by atoms with Crippen molar-refractivity contribution in [3.8, 4) is 5.69 Å². The highest BCUT2D eigenvalue weighted by atomic mass is 79.9. The molecule has 3 nitrogen and oxygen atoms in total. The molecule has 0 saturated heterocycles. The number of hydrogen-bond acceptors (Lipinski definition) is 2. The fourth-order valence-corrected chi connectivity index (χ4v) is 1.64. The molecule has 1 heterocycles. The van der Waals surface area contributed by atoms with Crippen LogP contribution in [0.3, 0.4) is 0 Å².